The van der Waals surface area contributed by atoms with Gasteiger partial charge < -0.3 is 14.9 Å². The number of unbranched alkanes of at least 4 members (excludes halogenated alkanes) is 6. The van der Waals surface area contributed by atoms with Crippen LogP contribution in [-0.2, 0) is 19.1 Å². The highest BCUT2D eigenvalue weighted by Crippen LogP contribution is 2.06. The quantitative estimate of drug-likeness (QED) is 0.224. The summed E-state index contributed by atoms with van der Waals surface area (Å²) < 4.78 is 4.76. The summed E-state index contributed by atoms with van der Waals surface area (Å²) in [5, 5.41) is 16.6. The van der Waals surface area contributed by atoms with Crippen LogP contribution in [-0.4, -0.2) is 61.3 Å². The fourth-order valence-corrected chi connectivity index (χ4v) is 2.21. The molecule has 28 heavy (non-hydrogen) atoms. The van der Waals surface area contributed by atoms with Gasteiger partial charge in [-0.2, -0.15) is 0 Å². The number of ether oxygens (including phenoxy) is 1. The first kappa shape index (κ1) is 28.4. The van der Waals surface area contributed by atoms with Gasteiger partial charge in [-0.15, -0.1) is 0 Å². The summed E-state index contributed by atoms with van der Waals surface area (Å²) >= 11 is 0. The Kier molecular flexibility index (Phi) is 27.7. The van der Waals surface area contributed by atoms with Gasteiger partial charge in [0.15, 0.2) is 0 Å². The molecule has 0 aromatic rings. The Bertz CT molecular complexity index is 394. The van der Waals surface area contributed by atoms with Crippen LogP contribution < -0.4 is 0 Å². The van der Waals surface area contributed by atoms with Gasteiger partial charge in [-0.05, 0) is 44.9 Å². The number of nitrogens with zero attached hydrogens (tertiary/aromatic N) is 2. The van der Waals surface area contributed by atoms with Crippen molar-refractivity contribution in [1.82, 2.24) is 0 Å². The molecule has 0 aromatic heterocycles. The van der Waals surface area contributed by atoms with Crippen LogP contribution in [0.2, 0.25) is 0 Å². The molecule has 8 nitrogen and oxygen atoms in total. The average Bonchev–Trinajstić information content (AvgIpc) is 2.96. The molecule has 1 fully saturated rings. The molecule has 0 aromatic carbocycles. The Morgan fingerprint density at radius 2 is 1.25 bits per heavy atom. The summed E-state index contributed by atoms with van der Waals surface area (Å²) in [5.41, 5.74) is 0. The third-order valence-corrected chi connectivity index (χ3v) is 3.77. The van der Waals surface area contributed by atoms with Crippen LogP contribution in [0.4, 0.5) is 0 Å². The molecule has 0 unspecified atom stereocenters. The molecule has 2 N–H and O–H groups in total. The van der Waals surface area contributed by atoms with Crippen LogP contribution in [0.5, 0.6) is 0 Å². The van der Waals surface area contributed by atoms with Crippen molar-refractivity contribution >= 4 is 18.1 Å². The number of hydrogen-bond donors (Lipinski definition) is 2. The molecule has 162 valence electrons. The van der Waals surface area contributed by atoms with Crippen molar-refractivity contribution in [3.05, 3.63) is 0 Å². The highest BCUT2D eigenvalue weighted by Gasteiger charge is 2.05. The Balaban J connectivity index is 0. The van der Waals surface area contributed by atoms with Gasteiger partial charge in [-0.3, -0.25) is 4.79 Å². The number of aliphatic hydroxyl groups is 2. The SMILES string of the molecule is O=C1CCCCCO1.O=C=NCCCCCCN=C=O.OCCCCCCO. The van der Waals surface area contributed by atoms with E-state index in [0.29, 0.717) is 26.1 Å². The monoisotopic (exact) mass is 400 g/mol. The Hall–Kier alpha value is -1.85. The van der Waals surface area contributed by atoms with E-state index < -0.39 is 0 Å². The molecule has 1 heterocycles. The van der Waals surface area contributed by atoms with E-state index >= 15 is 0 Å². The Labute approximate surface area is 168 Å². The summed E-state index contributed by atoms with van der Waals surface area (Å²) in [5.74, 6) is -0.0255. The maximum absolute atomic E-state index is 10.5. The number of carbonyl (C=O) groups excluding carboxylic acids is 3. The van der Waals surface area contributed by atoms with Crippen LogP contribution >= 0.6 is 0 Å². The summed E-state index contributed by atoms with van der Waals surface area (Å²) in [6.07, 6.45) is 14.5. The van der Waals surface area contributed by atoms with E-state index in [1.807, 2.05) is 0 Å². The van der Waals surface area contributed by atoms with Crippen LogP contribution in [0.1, 0.15) is 77.0 Å². The lowest BCUT2D eigenvalue weighted by Crippen LogP contribution is -2.00. The smallest absolute Gasteiger partial charge is 0.305 e. The van der Waals surface area contributed by atoms with Gasteiger partial charge in [0.05, 0.1) is 19.7 Å². The zero-order valence-corrected chi connectivity index (χ0v) is 16.9. The first-order valence-electron chi connectivity index (χ1n) is 10.2. The fourth-order valence-electron chi connectivity index (χ4n) is 2.21. The van der Waals surface area contributed by atoms with E-state index in [9.17, 15) is 14.4 Å². The zero-order chi connectivity index (χ0) is 21.1. The first-order chi connectivity index (χ1) is 13.7. The number of aliphatic hydroxyl groups excluding tert-OH is 2. The van der Waals surface area contributed by atoms with Crippen LogP contribution in [0, 0.1) is 0 Å². The number of carbonyl (C=O) groups is 1. The maximum atomic E-state index is 10.5. The van der Waals surface area contributed by atoms with Gasteiger partial charge in [0.1, 0.15) is 0 Å². The Morgan fingerprint density at radius 1 is 0.750 bits per heavy atom. The highest BCUT2D eigenvalue weighted by atomic mass is 16.5. The molecule has 1 aliphatic heterocycles. The molecule has 8 heteroatoms. The number of rotatable bonds is 12. The fraction of sp³-hybridized carbons (Fsp3) is 0.850. The second kappa shape index (κ2) is 27.4. The van der Waals surface area contributed by atoms with Crippen molar-refractivity contribution in [3.8, 4) is 0 Å². The molecule has 0 atom stereocenters. The minimum Gasteiger partial charge on any atom is -0.466 e. The van der Waals surface area contributed by atoms with E-state index in [1.54, 1.807) is 0 Å². The standard InChI is InChI=1S/C8H12N2O2.C6H10O2.C6H14O2/c11-7-9-5-3-1-2-4-6-10-8-12;7-6-4-2-1-3-5-8-6;7-5-3-1-2-4-6-8/h1-6H2;1-5H2;7-8H,1-6H2. The van der Waals surface area contributed by atoms with Crippen molar-refractivity contribution in [3.63, 3.8) is 0 Å². The van der Waals surface area contributed by atoms with Crippen LogP contribution in [0.25, 0.3) is 0 Å². The minimum atomic E-state index is -0.0255. The molecule has 0 aliphatic carbocycles. The van der Waals surface area contributed by atoms with Crippen molar-refractivity contribution in [2.75, 3.05) is 32.9 Å². The first-order valence-corrected chi connectivity index (χ1v) is 10.2. The summed E-state index contributed by atoms with van der Waals surface area (Å²) in [4.78, 5) is 36.5. The number of aliphatic imine (C=N–C) groups is 2. The Morgan fingerprint density at radius 3 is 1.71 bits per heavy atom. The number of esters is 1. The largest absolute Gasteiger partial charge is 0.466 e. The van der Waals surface area contributed by atoms with Gasteiger partial charge in [-0.25, -0.2) is 19.6 Å². The maximum Gasteiger partial charge on any atom is 0.305 e. The van der Waals surface area contributed by atoms with E-state index in [2.05, 4.69) is 9.98 Å². The third-order valence-electron chi connectivity index (χ3n) is 3.77. The van der Waals surface area contributed by atoms with Gasteiger partial charge in [0.25, 0.3) is 0 Å². The zero-order valence-electron chi connectivity index (χ0n) is 16.9. The minimum absolute atomic E-state index is 0.0255. The van der Waals surface area contributed by atoms with Gasteiger partial charge in [0, 0.05) is 19.6 Å². The average molecular weight is 401 g/mol. The predicted octanol–water partition coefficient (Wildman–Crippen LogP) is 2.85. The molecule has 1 rings (SSSR count). The summed E-state index contributed by atoms with van der Waals surface area (Å²) in [6, 6.07) is 0. The molecule has 0 spiro atoms. The lowest BCUT2D eigenvalue weighted by atomic mass is 10.2. The lowest BCUT2D eigenvalue weighted by molar-refractivity contribution is -0.142. The van der Waals surface area contributed by atoms with Crippen molar-refractivity contribution < 1.29 is 29.3 Å². The second-order valence-corrected chi connectivity index (χ2v) is 6.25. The van der Waals surface area contributed by atoms with E-state index in [-0.39, 0.29) is 19.2 Å². The van der Waals surface area contributed by atoms with Crippen molar-refractivity contribution in [2.45, 2.75) is 77.0 Å². The predicted molar refractivity (Wildman–Crippen MR) is 107 cm³/mol. The molecule has 1 saturated heterocycles. The van der Waals surface area contributed by atoms with Crippen molar-refractivity contribution in [1.29, 1.82) is 0 Å². The van der Waals surface area contributed by atoms with E-state index in [4.69, 9.17) is 14.9 Å². The van der Waals surface area contributed by atoms with Crippen molar-refractivity contribution in [2.24, 2.45) is 9.98 Å². The number of hydrogen-bond acceptors (Lipinski definition) is 8. The lowest BCUT2D eigenvalue weighted by Gasteiger charge is -1.93. The molecule has 0 bridgehead atoms. The van der Waals surface area contributed by atoms with Gasteiger partial charge in [0.2, 0.25) is 12.2 Å². The summed E-state index contributed by atoms with van der Waals surface area (Å²) in [7, 11) is 0. The molecular weight excluding hydrogens is 364 g/mol. The number of isocyanates is 2. The van der Waals surface area contributed by atoms with Gasteiger partial charge in [-0.1, -0.05) is 25.7 Å². The molecule has 0 saturated carbocycles. The molecule has 0 amide bonds. The van der Waals surface area contributed by atoms with E-state index in [1.165, 1.54) is 12.2 Å². The topological polar surface area (TPSA) is 126 Å². The van der Waals surface area contributed by atoms with Gasteiger partial charge >= 0.3 is 5.97 Å². The normalized spacial score (nSPS) is 12.6. The van der Waals surface area contributed by atoms with E-state index in [0.717, 1.165) is 70.6 Å². The molecule has 1 aliphatic rings. The summed E-state index contributed by atoms with van der Waals surface area (Å²) in [6.45, 7) is 2.32. The number of cyclic esters (lactones) is 1. The van der Waals surface area contributed by atoms with Crippen LogP contribution in [0.3, 0.4) is 0 Å². The second-order valence-electron chi connectivity index (χ2n) is 6.25. The molecular formula is C20H36N2O6. The highest BCUT2D eigenvalue weighted by molar-refractivity contribution is 5.69. The third kappa shape index (κ3) is 28.9. The van der Waals surface area contributed by atoms with Crippen LogP contribution in [0.15, 0.2) is 9.98 Å². The molecule has 0 radical (unpaired) electrons.